The van der Waals surface area contributed by atoms with E-state index >= 15 is 0 Å². The average Bonchev–Trinajstić information content (AvgIpc) is 2.95. The largest absolute Gasteiger partial charge is 0.480 e. The molecule has 3 aliphatic rings. The van der Waals surface area contributed by atoms with Crippen LogP contribution >= 0.6 is 0 Å². The first kappa shape index (κ1) is 11.1. The molecule has 17 heavy (non-hydrogen) atoms. The van der Waals surface area contributed by atoms with Crippen molar-refractivity contribution in [3.63, 3.8) is 0 Å². The highest BCUT2D eigenvalue weighted by Crippen LogP contribution is 2.54. The summed E-state index contributed by atoms with van der Waals surface area (Å²) in [6, 6.07) is -0.562. The number of amides is 1. The number of hydrogen-bond donors (Lipinski definition) is 1. The van der Waals surface area contributed by atoms with Gasteiger partial charge >= 0.3 is 5.97 Å². The van der Waals surface area contributed by atoms with Crippen molar-refractivity contribution in [2.45, 2.75) is 44.6 Å². The van der Waals surface area contributed by atoms with Crippen molar-refractivity contribution in [2.75, 3.05) is 6.54 Å². The van der Waals surface area contributed by atoms with Crippen molar-refractivity contribution in [3.05, 3.63) is 0 Å². The maximum Gasteiger partial charge on any atom is 0.326 e. The Kier molecular flexibility index (Phi) is 2.60. The van der Waals surface area contributed by atoms with E-state index < -0.39 is 12.0 Å². The molecule has 4 heteroatoms. The third-order valence-electron chi connectivity index (χ3n) is 4.66. The number of nitrogens with zero attached hydrogens (tertiary/aromatic N) is 1. The number of rotatable bonds is 2. The Balaban J connectivity index is 1.68. The number of hydrogen-bond acceptors (Lipinski definition) is 2. The summed E-state index contributed by atoms with van der Waals surface area (Å²) in [5.41, 5.74) is 0. The molecular formula is C13H19NO3. The summed E-state index contributed by atoms with van der Waals surface area (Å²) < 4.78 is 0. The monoisotopic (exact) mass is 237 g/mol. The van der Waals surface area contributed by atoms with Crippen LogP contribution in [0.2, 0.25) is 0 Å². The molecule has 1 aliphatic heterocycles. The fourth-order valence-corrected chi connectivity index (χ4v) is 3.60. The highest BCUT2D eigenvalue weighted by atomic mass is 16.4. The molecule has 3 rings (SSSR count). The molecule has 2 aliphatic carbocycles. The molecule has 2 unspecified atom stereocenters. The number of carboxylic acid groups (broad SMARTS) is 1. The van der Waals surface area contributed by atoms with Gasteiger partial charge in [0.1, 0.15) is 6.04 Å². The molecule has 0 aromatic heterocycles. The minimum atomic E-state index is -0.832. The molecule has 0 bridgehead atoms. The van der Waals surface area contributed by atoms with E-state index in [1.54, 1.807) is 4.90 Å². The van der Waals surface area contributed by atoms with E-state index in [4.69, 9.17) is 5.11 Å². The van der Waals surface area contributed by atoms with Crippen LogP contribution in [-0.2, 0) is 9.59 Å². The first-order chi connectivity index (χ1) is 8.16. The van der Waals surface area contributed by atoms with Crippen molar-refractivity contribution in [3.8, 4) is 0 Å². The van der Waals surface area contributed by atoms with Gasteiger partial charge in [-0.15, -0.1) is 0 Å². The minimum Gasteiger partial charge on any atom is -0.480 e. The normalized spacial score (nSPS) is 39.9. The third-order valence-corrected chi connectivity index (χ3v) is 4.66. The molecule has 3 atom stereocenters. The number of carbonyl (C=O) groups is 2. The predicted octanol–water partition coefficient (Wildman–Crippen LogP) is 1.50. The SMILES string of the molecule is O=C(O)[C@H]1CCCCN1C(=O)C1CC2CC2C1. The molecule has 0 aromatic rings. The van der Waals surface area contributed by atoms with E-state index in [0.29, 0.717) is 13.0 Å². The molecule has 1 heterocycles. The smallest absolute Gasteiger partial charge is 0.326 e. The van der Waals surface area contributed by atoms with Crippen LogP contribution in [0.15, 0.2) is 0 Å². The van der Waals surface area contributed by atoms with E-state index in [-0.39, 0.29) is 11.8 Å². The van der Waals surface area contributed by atoms with Gasteiger partial charge in [0.05, 0.1) is 0 Å². The van der Waals surface area contributed by atoms with Gasteiger partial charge in [0.25, 0.3) is 0 Å². The standard InChI is InChI=1S/C13H19NO3/c15-12(10-6-8-5-9(8)7-10)14-4-2-1-3-11(14)13(16)17/h8-11H,1-7H2,(H,16,17)/t8?,9?,10?,11-/m1/s1. The van der Waals surface area contributed by atoms with Gasteiger partial charge in [-0.1, -0.05) is 0 Å². The van der Waals surface area contributed by atoms with Crippen LogP contribution in [0.1, 0.15) is 38.5 Å². The van der Waals surface area contributed by atoms with Crippen LogP contribution in [-0.4, -0.2) is 34.5 Å². The van der Waals surface area contributed by atoms with Gasteiger partial charge < -0.3 is 10.0 Å². The van der Waals surface area contributed by atoms with Crippen LogP contribution in [0.4, 0.5) is 0 Å². The van der Waals surface area contributed by atoms with Crippen LogP contribution in [0.3, 0.4) is 0 Å². The Morgan fingerprint density at radius 3 is 2.41 bits per heavy atom. The number of aliphatic carboxylic acids is 1. The van der Waals surface area contributed by atoms with Crippen LogP contribution < -0.4 is 0 Å². The lowest BCUT2D eigenvalue weighted by Crippen LogP contribution is -2.50. The zero-order chi connectivity index (χ0) is 12.0. The maximum atomic E-state index is 12.3. The first-order valence-electron chi connectivity index (χ1n) is 6.70. The van der Waals surface area contributed by atoms with Gasteiger partial charge in [0, 0.05) is 12.5 Å². The van der Waals surface area contributed by atoms with Gasteiger partial charge in [-0.05, 0) is 50.4 Å². The maximum absolute atomic E-state index is 12.3. The topological polar surface area (TPSA) is 57.6 Å². The van der Waals surface area contributed by atoms with Crippen molar-refractivity contribution in [1.82, 2.24) is 4.90 Å². The lowest BCUT2D eigenvalue weighted by molar-refractivity contribution is -0.154. The number of likely N-dealkylation sites (tertiary alicyclic amines) is 1. The number of piperidine rings is 1. The van der Waals surface area contributed by atoms with E-state index in [1.165, 1.54) is 6.42 Å². The molecule has 0 aromatic carbocycles. The first-order valence-corrected chi connectivity index (χ1v) is 6.70. The van der Waals surface area contributed by atoms with Crippen molar-refractivity contribution in [2.24, 2.45) is 17.8 Å². The van der Waals surface area contributed by atoms with E-state index in [0.717, 1.165) is 37.5 Å². The summed E-state index contributed by atoms with van der Waals surface area (Å²) in [6.45, 7) is 0.641. The fourth-order valence-electron chi connectivity index (χ4n) is 3.60. The van der Waals surface area contributed by atoms with E-state index in [2.05, 4.69) is 0 Å². The van der Waals surface area contributed by atoms with Gasteiger partial charge in [-0.2, -0.15) is 0 Å². The van der Waals surface area contributed by atoms with Gasteiger partial charge in [0.2, 0.25) is 5.91 Å². The molecule has 0 spiro atoms. The number of fused-ring (bicyclic) bond motifs is 1. The van der Waals surface area contributed by atoms with Crippen molar-refractivity contribution >= 4 is 11.9 Å². The van der Waals surface area contributed by atoms with E-state index in [1.807, 2.05) is 0 Å². The molecule has 2 saturated carbocycles. The second kappa shape index (κ2) is 4.00. The molecule has 4 nitrogen and oxygen atoms in total. The highest BCUT2D eigenvalue weighted by Gasteiger charge is 2.49. The Morgan fingerprint density at radius 2 is 1.76 bits per heavy atom. The fraction of sp³-hybridized carbons (Fsp3) is 0.846. The number of carbonyl (C=O) groups excluding carboxylic acids is 1. The van der Waals surface area contributed by atoms with Gasteiger partial charge in [-0.3, -0.25) is 4.79 Å². The summed E-state index contributed by atoms with van der Waals surface area (Å²) in [7, 11) is 0. The predicted molar refractivity (Wildman–Crippen MR) is 61.3 cm³/mol. The lowest BCUT2D eigenvalue weighted by Gasteiger charge is -2.35. The second-order valence-electron chi connectivity index (χ2n) is 5.81. The number of carboxylic acids is 1. The average molecular weight is 237 g/mol. The van der Waals surface area contributed by atoms with Crippen LogP contribution in [0.5, 0.6) is 0 Å². The Labute approximate surface area is 101 Å². The minimum absolute atomic E-state index is 0.115. The van der Waals surface area contributed by atoms with Gasteiger partial charge in [-0.25, -0.2) is 4.79 Å². The molecule has 94 valence electrons. The molecule has 3 fully saturated rings. The van der Waals surface area contributed by atoms with E-state index in [9.17, 15) is 9.59 Å². The zero-order valence-corrected chi connectivity index (χ0v) is 9.97. The summed E-state index contributed by atoms with van der Waals surface area (Å²) in [4.78, 5) is 25.1. The Morgan fingerprint density at radius 1 is 1.06 bits per heavy atom. The molecule has 1 N–H and O–H groups in total. The van der Waals surface area contributed by atoms with Gasteiger partial charge in [0.15, 0.2) is 0 Å². The second-order valence-corrected chi connectivity index (χ2v) is 5.81. The quantitative estimate of drug-likeness (QED) is 0.791. The summed E-state index contributed by atoms with van der Waals surface area (Å²) >= 11 is 0. The molecule has 1 amide bonds. The van der Waals surface area contributed by atoms with Crippen LogP contribution in [0.25, 0.3) is 0 Å². The summed E-state index contributed by atoms with van der Waals surface area (Å²) in [5.74, 6) is 0.957. The third kappa shape index (κ3) is 1.94. The van der Waals surface area contributed by atoms with Crippen LogP contribution in [0, 0.1) is 17.8 Å². The summed E-state index contributed by atoms with van der Waals surface area (Å²) in [5, 5.41) is 9.17. The van der Waals surface area contributed by atoms with Crippen molar-refractivity contribution < 1.29 is 14.7 Å². The molecule has 1 saturated heterocycles. The zero-order valence-electron chi connectivity index (χ0n) is 9.97. The summed E-state index contributed by atoms with van der Waals surface area (Å²) in [6.07, 6.45) is 5.82. The lowest BCUT2D eigenvalue weighted by atomic mass is 9.96. The molecular weight excluding hydrogens is 218 g/mol. The highest BCUT2D eigenvalue weighted by molar-refractivity contribution is 5.85. The van der Waals surface area contributed by atoms with Crippen molar-refractivity contribution in [1.29, 1.82) is 0 Å². The Bertz CT molecular complexity index is 345. The molecule has 0 radical (unpaired) electrons. The Hall–Kier alpha value is -1.06.